The second kappa shape index (κ2) is 5.80. The summed E-state index contributed by atoms with van der Waals surface area (Å²) in [4.78, 5) is 15.1. The fourth-order valence-corrected chi connectivity index (χ4v) is 4.05. The molecule has 0 bridgehead atoms. The van der Waals surface area contributed by atoms with Gasteiger partial charge in [0.25, 0.3) is 5.91 Å². The highest BCUT2D eigenvalue weighted by Gasteiger charge is 2.31. The average molecular weight is 326 g/mol. The van der Waals surface area contributed by atoms with Gasteiger partial charge in [-0.2, -0.15) is 5.10 Å². The second-order valence-electron chi connectivity index (χ2n) is 7.43. The minimum Gasteiger partial charge on any atom is -0.345 e. The van der Waals surface area contributed by atoms with E-state index in [9.17, 15) is 4.79 Å². The van der Waals surface area contributed by atoms with E-state index in [2.05, 4.69) is 42.7 Å². The molecule has 5 heteroatoms. The number of piperidine rings is 1. The summed E-state index contributed by atoms with van der Waals surface area (Å²) >= 11 is 0. The van der Waals surface area contributed by atoms with Crippen molar-refractivity contribution in [3.05, 3.63) is 41.0 Å². The van der Waals surface area contributed by atoms with Gasteiger partial charge in [-0.05, 0) is 58.1 Å². The number of aryl methyl sites for hydroxylation is 2. The average Bonchev–Trinajstić information content (AvgIpc) is 3.24. The van der Waals surface area contributed by atoms with E-state index in [0.717, 1.165) is 37.2 Å². The Morgan fingerprint density at radius 1 is 1.17 bits per heavy atom. The van der Waals surface area contributed by atoms with E-state index in [0.29, 0.717) is 12.1 Å². The van der Waals surface area contributed by atoms with Crippen LogP contribution in [-0.2, 0) is 0 Å². The standard InChI is InChI=1S/C19H26N4O/c1-13-10-20-22(11-13)17-5-4-8-21(12-17)19(24)18-9-14(2)23(15(18)3)16-6-7-16/h9-11,16-17H,4-8,12H2,1-3H3. The number of likely N-dealkylation sites (tertiary alicyclic amines) is 1. The molecule has 0 spiro atoms. The molecule has 1 atom stereocenters. The molecule has 2 aliphatic rings. The first-order valence-electron chi connectivity index (χ1n) is 9.03. The van der Waals surface area contributed by atoms with Crippen LogP contribution >= 0.6 is 0 Å². The van der Waals surface area contributed by atoms with E-state index >= 15 is 0 Å². The minimum atomic E-state index is 0.184. The van der Waals surface area contributed by atoms with Gasteiger partial charge in [0, 0.05) is 36.7 Å². The topological polar surface area (TPSA) is 43.1 Å². The summed E-state index contributed by atoms with van der Waals surface area (Å²) < 4.78 is 4.38. The summed E-state index contributed by atoms with van der Waals surface area (Å²) in [6.45, 7) is 7.88. The van der Waals surface area contributed by atoms with Crippen LogP contribution in [0.1, 0.15) is 65.1 Å². The molecule has 1 saturated carbocycles. The molecule has 2 aromatic heterocycles. The molecule has 128 valence electrons. The summed E-state index contributed by atoms with van der Waals surface area (Å²) in [6.07, 6.45) is 8.59. The Kier molecular flexibility index (Phi) is 3.74. The Morgan fingerprint density at radius 3 is 2.62 bits per heavy atom. The molecule has 2 aromatic rings. The van der Waals surface area contributed by atoms with Gasteiger partial charge < -0.3 is 9.47 Å². The zero-order valence-electron chi connectivity index (χ0n) is 14.8. The summed E-state index contributed by atoms with van der Waals surface area (Å²) in [7, 11) is 0. The molecule has 1 aliphatic heterocycles. The highest BCUT2D eigenvalue weighted by Crippen LogP contribution is 2.38. The van der Waals surface area contributed by atoms with Crippen molar-refractivity contribution in [2.24, 2.45) is 0 Å². The number of rotatable bonds is 3. The molecule has 0 radical (unpaired) electrons. The van der Waals surface area contributed by atoms with Gasteiger partial charge in [-0.1, -0.05) is 0 Å². The predicted molar refractivity (Wildman–Crippen MR) is 93.3 cm³/mol. The molecule has 1 unspecified atom stereocenters. The second-order valence-corrected chi connectivity index (χ2v) is 7.43. The molecule has 3 heterocycles. The quantitative estimate of drug-likeness (QED) is 0.867. The van der Waals surface area contributed by atoms with Gasteiger partial charge in [0.15, 0.2) is 0 Å². The van der Waals surface area contributed by atoms with Gasteiger partial charge in [0.1, 0.15) is 0 Å². The summed E-state index contributed by atoms with van der Waals surface area (Å²) in [6, 6.07) is 2.99. The maximum Gasteiger partial charge on any atom is 0.255 e. The Hall–Kier alpha value is -2.04. The van der Waals surface area contributed by atoms with E-state index in [1.807, 2.05) is 15.8 Å². The lowest BCUT2D eigenvalue weighted by atomic mass is 10.0. The third-order valence-electron chi connectivity index (χ3n) is 5.42. The number of carbonyl (C=O) groups is 1. The number of amides is 1. The van der Waals surface area contributed by atoms with Crippen LogP contribution in [0.25, 0.3) is 0 Å². The van der Waals surface area contributed by atoms with Crippen LogP contribution in [-0.4, -0.2) is 38.2 Å². The van der Waals surface area contributed by atoms with Crippen LogP contribution in [0.5, 0.6) is 0 Å². The molecular weight excluding hydrogens is 300 g/mol. The summed E-state index contributed by atoms with van der Waals surface area (Å²) in [5.74, 6) is 0.184. The van der Waals surface area contributed by atoms with E-state index in [-0.39, 0.29) is 5.91 Å². The minimum absolute atomic E-state index is 0.184. The molecule has 0 aromatic carbocycles. The summed E-state index contributed by atoms with van der Waals surface area (Å²) in [5, 5.41) is 4.45. The molecule has 1 saturated heterocycles. The maximum atomic E-state index is 13.1. The number of hydrogen-bond acceptors (Lipinski definition) is 2. The first-order valence-corrected chi connectivity index (χ1v) is 9.03. The lowest BCUT2D eigenvalue weighted by Crippen LogP contribution is -2.41. The van der Waals surface area contributed by atoms with Crippen LogP contribution in [0.2, 0.25) is 0 Å². The van der Waals surface area contributed by atoms with Gasteiger partial charge in [-0.3, -0.25) is 9.48 Å². The number of nitrogens with zero attached hydrogens (tertiary/aromatic N) is 4. The van der Waals surface area contributed by atoms with Crippen LogP contribution in [0.3, 0.4) is 0 Å². The number of hydrogen-bond donors (Lipinski definition) is 0. The zero-order chi connectivity index (χ0) is 16.8. The van der Waals surface area contributed by atoms with Crippen molar-refractivity contribution >= 4 is 5.91 Å². The first kappa shape index (κ1) is 15.5. The van der Waals surface area contributed by atoms with Gasteiger partial charge in [0.2, 0.25) is 0 Å². The smallest absolute Gasteiger partial charge is 0.255 e. The van der Waals surface area contributed by atoms with Crippen molar-refractivity contribution in [2.45, 2.75) is 58.5 Å². The van der Waals surface area contributed by atoms with Gasteiger partial charge in [-0.25, -0.2) is 0 Å². The van der Waals surface area contributed by atoms with Gasteiger partial charge >= 0.3 is 0 Å². The van der Waals surface area contributed by atoms with Crippen molar-refractivity contribution < 1.29 is 4.79 Å². The Balaban J connectivity index is 1.55. The van der Waals surface area contributed by atoms with Crippen molar-refractivity contribution in [1.82, 2.24) is 19.2 Å². The molecule has 24 heavy (non-hydrogen) atoms. The maximum absolute atomic E-state index is 13.1. The predicted octanol–water partition coefficient (Wildman–Crippen LogP) is 3.42. The van der Waals surface area contributed by atoms with Crippen molar-refractivity contribution in [1.29, 1.82) is 0 Å². The van der Waals surface area contributed by atoms with Crippen molar-refractivity contribution in [2.75, 3.05) is 13.1 Å². The Labute approximate surface area is 143 Å². The SMILES string of the molecule is Cc1cnn(C2CCCN(C(=O)c3cc(C)n(C4CC4)c3C)C2)c1. The third-order valence-corrected chi connectivity index (χ3v) is 5.42. The van der Waals surface area contributed by atoms with Gasteiger partial charge in [0.05, 0.1) is 17.8 Å². The lowest BCUT2D eigenvalue weighted by Gasteiger charge is -2.33. The summed E-state index contributed by atoms with van der Waals surface area (Å²) in [5.41, 5.74) is 4.41. The van der Waals surface area contributed by atoms with Gasteiger partial charge in [-0.15, -0.1) is 0 Å². The van der Waals surface area contributed by atoms with E-state index in [1.165, 1.54) is 24.1 Å². The van der Waals surface area contributed by atoms with E-state index in [1.54, 1.807) is 0 Å². The molecule has 0 N–H and O–H groups in total. The third kappa shape index (κ3) is 2.66. The molecule has 2 fully saturated rings. The molecular formula is C19H26N4O. The first-order chi connectivity index (χ1) is 11.5. The van der Waals surface area contributed by atoms with Crippen molar-refractivity contribution in [3.8, 4) is 0 Å². The fourth-order valence-electron chi connectivity index (χ4n) is 4.05. The van der Waals surface area contributed by atoms with Crippen molar-refractivity contribution in [3.63, 3.8) is 0 Å². The zero-order valence-corrected chi connectivity index (χ0v) is 14.8. The van der Waals surface area contributed by atoms with Crippen LogP contribution in [0.15, 0.2) is 18.5 Å². The molecule has 1 amide bonds. The van der Waals surface area contributed by atoms with E-state index < -0.39 is 0 Å². The Bertz CT molecular complexity index is 768. The Morgan fingerprint density at radius 2 is 1.96 bits per heavy atom. The van der Waals surface area contributed by atoms with Crippen LogP contribution in [0.4, 0.5) is 0 Å². The fraction of sp³-hybridized carbons (Fsp3) is 0.579. The van der Waals surface area contributed by atoms with Crippen LogP contribution in [0, 0.1) is 20.8 Å². The molecule has 4 rings (SSSR count). The monoisotopic (exact) mass is 326 g/mol. The normalized spacial score (nSPS) is 21.3. The highest BCUT2D eigenvalue weighted by molar-refractivity contribution is 5.95. The highest BCUT2D eigenvalue weighted by atomic mass is 16.2. The van der Waals surface area contributed by atoms with E-state index in [4.69, 9.17) is 0 Å². The number of aromatic nitrogens is 3. The number of carbonyl (C=O) groups excluding carboxylic acids is 1. The molecule has 5 nitrogen and oxygen atoms in total. The largest absolute Gasteiger partial charge is 0.345 e. The van der Waals surface area contributed by atoms with Crippen LogP contribution < -0.4 is 0 Å². The molecule has 1 aliphatic carbocycles. The lowest BCUT2D eigenvalue weighted by molar-refractivity contribution is 0.0672.